The maximum absolute atomic E-state index is 10.9. The van der Waals surface area contributed by atoms with E-state index < -0.39 is 18.3 Å². The summed E-state index contributed by atoms with van der Waals surface area (Å²) in [6.45, 7) is 1.95. The lowest BCUT2D eigenvalue weighted by Crippen LogP contribution is -2.44. The van der Waals surface area contributed by atoms with Gasteiger partial charge in [0.05, 0.1) is 6.61 Å². The number of benzene rings is 1. The van der Waals surface area contributed by atoms with E-state index in [9.17, 15) is 9.90 Å². The molecule has 0 saturated heterocycles. The van der Waals surface area contributed by atoms with Crippen LogP contribution in [0.4, 0.5) is 4.79 Å². The number of ether oxygens (including phenoxy) is 1. The number of aliphatic hydroxyl groups is 2. The number of carbonyl (C=O) groups excluding carboxylic acids is 1. The molecule has 0 unspecified atom stereocenters. The highest BCUT2D eigenvalue weighted by atomic mass is 16.6. The third-order valence-electron chi connectivity index (χ3n) is 2.93. The molecule has 0 spiro atoms. The van der Waals surface area contributed by atoms with E-state index in [1.54, 1.807) is 6.92 Å². The average molecular weight is 282 g/mol. The summed E-state index contributed by atoms with van der Waals surface area (Å²) >= 11 is 0. The summed E-state index contributed by atoms with van der Waals surface area (Å²) in [6.07, 6.45) is -2.18. The van der Waals surface area contributed by atoms with Gasteiger partial charge in [0, 0.05) is 19.0 Å². The van der Waals surface area contributed by atoms with Crippen LogP contribution in [0.5, 0.6) is 0 Å². The Kier molecular flexibility index (Phi) is 7.00. The highest BCUT2D eigenvalue weighted by molar-refractivity contribution is 5.64. The maximum Gasteiger partial charge on any atom is 0.404 e. The van der Waals surface area contributed by atoms with Gasteiger partial charge >= 0.3 is 6.09 Å². The minimum Gasteiger partial charge on any atom is -0.443 e. The van der Waals surface area contributed by atoms with Crippen LogP contribution in [-0.4, -0.2) is 47.7 Å². The Morgan fingerprint density at radius 1 is 1.40 bits per heavy atom. The molecular formula is C14H22N2O4. The zero-order valence-corrected chi connectivity index (χ0v) is 11.5. The minimum absolute atomic E-state index is 0.0350. The van der Waals surface area contributed by atoms with E-state index in [0.717, 1.165) is 5.56 Å². The fraction of sp³-hybridized carbons (Fsp3) is 0.500. The number of hydrogen-bond donors (Lipinski definition) is 4. The minimum atomic E-state index is -0.916. The molecule has 3 atom stereocenters. The van der Waals surface area contributed by atoms with Crippen molar-refractivity contribution in [2.45, 2.75) is 31.6 Å². The smallest absolute Gasteiger partial charge is 0.404 e. The van der Waals surface area contributed by atoms with E-state index in [2.05, 4.69) is 5.32 Å². The Hall–Kier alpha value is -1.63. The topological polar surface area (TPSA) is 105 Å². The molecule has 5 N–H and O–H groups in total. The molecule has 0 aliphatic heterocycles. The summed E-state index contributed by atoms with van der Waals surface area (Å²) in [7, 11) is 0. The number of amides is 1. The van der Waals surface area contributed by atoms with Crippen LogP contribution in [0.1, 0.15) is 12.5 Å². The van der Waals surface area contributed by atoms with Crippen LogP contribution in [0.15, 0.2) is 30.3 Å². The molecule has 1 amide bonds. The normalized spacial score (nSPS) is 15.3. The summed E-state index contributed by atoms with van der Waals surface area (Å²) in [5.41, 5.74) is 5.97. The molecule has 0 fully saturated rings. The molecule has 0 bridgehead atoms. The SMILES string of the molecule is C[C@H](CO)NC[C@H](O)[C@H](Cc1ccccc1)OC(N)=O. The molecule has 1 aromatic rings. The van der Waals surface area contributed by atoms with Gasteiger partial charge in [-0.25, -0.2) is 4.79 Å². The van der Waals surface area contributed by atoms with E-state index in [1.165, 1.54) is 0 Å². The van der Waals surface area contributed by atoms with E-state index >= 15 is 0 Å². The predicted octanol–water partition coefficient (Wildman–Crippen LogP) is 0.0243. The zero-order chi connectivity index (χ0) is 15.0. The first kappa shape index (κ1) is 16.4. The van der Waals surface area contributed by atoms with Crippen molar-refractivity contribution in [1.29, 1.82) is 0 Å². The van der Waals surface area contributed by atoms with E-state index in [0.29, 0.717) is 6.42 Å². The molecular weight excluding hydrogens is 260 g/mol. The second-order valence-electron chi connectivity index (χ2n) is 4.72. The molecule has 0 aromatic heterocycles. The Balaban J connectivity index is 2.61. The van der Waals surface area contributed by atoms with Crippen LogP contribution in [0.25, 0.3) is 0 Å². The number of rotatable bonds is 8. The van der Waals surface area contributed by atoms with Crippen LogP contribution in [0, 0.1) is 0 Å². The van der Waals surface area contributed by atoms with Crippen molar-refractivity contribution in [2.75, 3.05) is 13.2 Å². The standard InChI is InChI=1S/C14H22N2O4/c1-10(9-17)16-8-12(18)13(20-14(15)19)7-11-5-3-2-4-6-11/h2-6,10,12-13,16-18H,7-9H2,1H3,(H2,15,19)/t10-,12+,13+/m1/s1. The van der Waals surface area contributed by atoms with Crippen molar-refractivity contribution in [3.63, 3.8) is 0 Å². The van der Waals surface area contributed by atoms with Gasteiger partial charge in [-0.2, -0.15) is 0 Å². The third-order valence-corrected chi connectivity index (χ3v) is 2.93. The number of nitrogens with two attached hydrogens (primary N) is 1. The van der Waals surface area contributed by atoms with Crippen LogP contribution in [0.2, 0.25) is 0 Å². The van der Waals surface area contributed by atoms with Gasteiger partial charge < -0.3 is 26.0 Å². The van der Waals surface area contributed by atoms with Crippen molar-refractivity contribution < 1.29 is 19.7 Å². The van der Waals surface area contributed by atoms with Gasteiger partial charge in [-0.1, -0.05) is 30.3 Å². The summed E-state index contributed by atoms with van der Waals surface area (Å²) < 4.78 is 4.97. The molecule has 1 aromatic carbocycles. The summed E-state index contributed by atoms with van der Waals surface area (Å²) in [5.74, 6) is 0. The largest absolute Gasteiger partial charge is 0.443 e. The van der Waals surface area contributed by atoms with Crippen molar-refractivity contribution in [3.8, 4) is 0 Å². The zero-order valence-electron chi connectivity index (χ0n) is 11.5. The van der Waals surface area contributed by atoms with Crippen molar-refractivity contribution >= 4 is 6.09 Å². The Morgan fingerprint density at radius 3 is 2.60 bits per heavy atom. The number of hydrogen-bond acceptors (Lipinski definition) is 5. The van der Waals surface area contributed by atoms with Crippen LogP contribution in [0.3, 0.4) is 0 Å². The fourth-order valence-corrected chi connectivity index (χ4v) is 1.77. The maximum atomic E-state index is 10.9. The number of nitrogens with one attached hydrogen (secondary N) is 1. The summed E-state index contributed by atoms with van der Waals surface area (Å²) in [4.78, 5) is 10.9. The third kappa shape index (κ3) is 6.01. The van der Waals surface area contributed by atoms with Gasteiger partial charge in [0.2, 0.25) is 0 Å². The quantitative estimate of drug-likeness (QED) is 0.538. The predicted molar refractivity (Wildman–Crippen MR) is 75.2 cm³/mol. The van der Waals surface area contributed by atoms with E-state index in [1.807, 2.05) is 30.3 Å². The fourth-order valence-electron chi connectivity index (χ4n) is 1.77. The Morgan fingerprint density at radius 2 is 2.05 bits per heavy atom. The lowest BCUT2D eigenvalue weighted by molar-refractivity contribution is 0.00563. The molecule has 112 valence electrons. The van der Waals surface area contributed by atoms with Crippen LogP contribution >= 0.6 is 0 Å². The first-order valence-electron chi connectivity index (χ1n) is 6.55. The van der Waals surface area contributed by atoms with Gasteiger partial charge in [0.15, 0.2) is 0 Å². The molecule has 0 aliphatic rings. The van der Waals surface area contributed by atoms with E-state index in [-0.39, 0.29) is 19.2 Å². The van der Waals surface area contributed by atoms with Crippen molar-refractivity contribution in [2.24, 2.45) is 5.73 Å². The first-order valence-corrected chi connectivity index (χ1v) is 6.55. The lowest BCUT2D eigenvalue weighted by Gasteiger charge is -2.24. The second kappa shape index (κ2) is 8.52. The number of aliphatic hydroxyl groups excluding tert-OH is 2. The summed E-state index contributed by atoms with van der Waals surface area (Å²) in [6, 6.07) is 9.25. The van der Waals surface area contributed by atoms with Gasteiger partial charge in [-0.05, 0) is 12.5 Å². The molecule has 0 aliphatic carbocycles. The Bertz CT molecular complexity index is 399. The van der Waals surface area contributed by atoms with Crippen LogP contribution in [-0.2, 0) is 11.2 Å². The van der Waals surface area contributed by atoms with E-state index in [4.69, 9.17) is 15.6 Å². The summed E-state index contributed by atoms with van der Waals surface area (Å²) in [5, 5.41) is 21.9. The number of primary amides is 1. The highest BCUT2D eigenvalue weighted by Gasteiger charge is 2.23. The first-order chi connectivity index (χ1) is 9.52. The van der Waals surface area contributed by atoms with Gasteiger partial charge in [-0.3, -0.25) is 0 Å². The molecule has 0 heterocycles. The van der Waals surface area contributed by atoms with Crippen molar-refractivity contribution in [1.82, 2.24) is 5.32 Å². The van der Waals surface area contributed by atoms with Crippen LogP contribution < -0.4 is 11.1 Å². The monoisotopic (exact) mass is 282 g/mol. The molecule has 6 nitrogen and oxygen atoms in total. The molecule has 20 heavy (non-hydrogen) atoms. The van der Waals surface area contributed by atoms with Gasteiger partial charge in [0.1, 0.15) is 12.2 Å². The molecule has 0 radical (unpaired) electrons. The van der Waals surface area contributed by atoms with Gasteiger partial charge in [0.25, 0.3) is 0 Å². The molecule has 1 rings (SSSR count). The second-order valence-corrected chi connectivity index (χ2v) is 4.72. The van der Waals surface area contributed by atoms with Gasteiger partial charge in [-0.15, -0.1) is 0 Å². The highest BCUT2D eigenvalue weighted by Crippen LogP contribution is 2.10. The molecule has 0 saturated carbocycles. The number of carbonyl (C=O) groups is 1. The average Bonchev–Trinajstić information content (AvgIpc) is 2.44. The lowest BCUT2D eigenvalue weighted by atomic mass is 10.0. The van der Waals surface area contributed by atoms with Crippen molar-refractivity contribution in [3.05, 3.63) is 35.9 Å². The molecule has 6 heteroatoms. The Labute approximate surface area is 118 Å².